The number of nitrogens with two attached hydrogens (primary N) is 1. The molecule has 0 bridgehead atoms. The molecule has 0 spiro atoms. The Labute approximate surface area is 153 Å². The van der Waals surface area contributed by atoms with Gasteiger partial charge >= 0.3 is 7.12 Å². The van der Waals surface area contributed by atoms with Gasteiger partial charge in [-0.25, -0.2) is 9.37 Å². The lowest BCUT2D eigenvalue weighted by Crippen LogP contribution is -2.41. The van der Waals surface area contributed by atoms with E-state index < -0.39 is 18.3 Å². The molecule has 2 aromatic rings. The minimum absolute atomic E-state index is 0.258. The Morgan fingerprint density at radius 1 is 1.15 bits per heavy atom. The highest BCUT2D eigenvalue weighted by molar-refractivity contribution is 6.62. The Balaban J connectivity index is 1.83. The summed E-state index contributed by atoms with van der Waals surface area (Å²) in [5, 5.41) is 0. The first kappa shape index (κ1) is 18.7. The van der Waals surface area contributed by atoms with Crippen LogP contribution in [0.5, 0.6) is 5.75 Å². The molecule has 5 nitrogen and oxygen atoms in total. The highest BCUT2D eigenvalue weighted by Crippen LogP contribution is 2.37. The topological polar surface area (TPSA) is 66.6 Å². The molecule has 0 radical (unpaired) electrons. The second-order valence-electron chi connectivity index (χ2n) is 7.56. The number of hydrogen-bond donors (Lipinski definition) is 1. The largest absolute Gasteiger partial charge is 0.496 e. The maximum atomic E-state index is 13.4. The summed E-state index contributed by atoms with van der Waals surface area (Å²) in [6, 6.07) is 8.04. The lowest BCUT2D eigenvalue weighted by Gasteiger charge is -2.32. The average Bonchev–Trinajstić information content (AvgIpc) is 2.77. The van der Waals surface area contributed by atoms with Gasteiger partial charge in [0.05, 0.1) is 11.2 Å². The van der Waals surface area contributed by atoms with Gasteiger partial charge in [-0.2, -0.15) is 0 Å². The first-order chi connectivity index (χ1) is 12.1. The standard InChI is InChI=1S/C19H24BFN2O3/c1-12(13-7-6-8-15(21)9-13)24-16-10-14(11-23-17(16)22)20-25-18(2,3)19(4,5)26-20/h6-12H,1-5H3,(H2,22,23). The van der Waals surface area contributed by atoms with Gasteiger partial charge in [0, 0.05) is 11.7 Å². The predicted molar refractivity (Wildman–Crippen MR) is 99.8 cm³/mol. The first-order valence-corrected chi connectivity index (χ1v) is 8.62. The van der Waals surface area contributed by atoms with Crippen molar-refractivity contribution in [2.24, 2.45) is 0 Å². The van der Waals surface area contributed by atoms with Crippen molar-refractivity contribution in [3.63, 3.8) is 0 Å². The van der Waals surface area contributed by atoms with Gasteiger partial charge in [0.1, 0.15) is 11.9 Å². The summed E-state index contributed by atoms with van der Waals surface area (Å²) in [7, 11) is -0.556. The van der Waals surface area contributed by atoms with Gasteiger partial charge in [-0.15, -0.1) is 0 Å². The number of nitrogens with zero attached hydrogens (tertiary/aromatic N) is 1. The van der Waals surface area contributed by atoms with E-state index in [1.165, 1.54) is 12.1 Å². The number of hydrogen-bond acceptors (Lipinski definition) is 5. The summed E-state index contributed by atoms with van der Waals surface area (Å²) < 4.78 is 31.4. The van der Waals surface area contributed by atoms with Gasteiger partial charge in [0.25, 0.3) is 0 Å². The molecule has 1 aliphatic heterocycles. The van der Waals surface area contributed by atoms with Gasteiger partial charge < -0.3 is 19.8 Å². The molecule has 0 aliphatic carbocycles. The van der Waals surface area contributed by atoms with E-state index in [4.69, 9.17) is 19.8 Å². The van der Waals surface area contributed by atoms with Crippen LogP contribution < -0.4 is 15.9 Å². The second kappa shape index (κ2) is 6.56. The van der Waals surface area contributed by atoms with Crippen LogP contribution in [0.4, 0.5) is 10.2 Å². The second-order valence-corrected chi connectivity index (χ2v) is 7.56. The summed E-state index contributed by atoms with van der Waals surface area (Å²) in [4.78, 5) is 4.20. The number of halogens is 1. The van der Waals surface area contributed by atoms with Crippen molar-refractivity contribution < 1.29 is 18.4 Å². The van der Waals surface area contributed by atoms with Crippen molar-refractivity contribution in [3.05, 3.63) is 47.9 Å². The molecule has 1 aliphatic rings. The van der Waals surface area contributed by atoms with Crippen molar-refractivity contribution in [1.29, 1.82) is 0 Å². The number of ether oxygens (including phenoxy) is 1. The number of benzene rings is 1. The molecule has 0 saturated carbocycles. The van der Waals surface area contributed by atoms with Crippen LogP contribution in [-0.2, 0) is 9.31 Å². The number of aromatic nitrogens is 1. The summed E-state index contributed by atoms with van der Waals surface area (Å²) in [6.07, 6.45) is 1.24. The van der Waals surface area contributed by atoms with Crippen LogP contribution in [0.2, 0.25) is 0 Å². The zero-order valence-corrected chi connectivity index (χ0v) is 15.7. The van der Waals surface area contributed by atoms with Crippen molar-refractivity contribution >= 4 is 18.4 Å². The highest BCUT2D eigenvalue weighted by atomic mass is 19.1. The molecule has 7 heteroatoms. The molecule has 2 heterocycles. The van der Waals surface area contributed by atoms with Gasteiger partial charge in [-0.05, 0) is 58.4 Å². The lowest BCUT2D eigenvalue weighted by atomic mass is 9.80. The van der Waals surface area contributed by atoms with Crippen LogP contribution in [-0.4, -0.2) is 23.3 Å². The third-order valence-electron chi connectivity index (χ3n) is 5.05. The summed E-state index contributed by atoms with van der Waals surface area (Å²) in [5.41, 5.74) is 6.50. The Bertz CT molecular complexity index is 797. The Hall–Kier alpha value is -2.12. The van der Waals surface area contributed by atoms with Crippen LogP contribution in [0.15, 0.2) is 36.5 Å². The van der Waals surface area contributed by atoms with Crippen molar-refractivity contribution in [2.75, 3.05) is 5.73 Å². The molecule has 26 heavy (non-hydrogen) atoms. The van der Waals surface area contributed by atoms with Crippen LogP contribution in [0, 0.1) is 5.82 Å². The number of pyridine rings is 1. The average molecular weight is 358 g/mol. The maximum Gasteiger partial charge on any atom is 0.496 e. The van der Waals surface area contributed by atoms with E-state index in [-0.39, 0.29) is 17.7 Å². The predicted octanol–water partition coefficient (Wildman–Crippen LogP) is 3.24. The van der Waals surface area contributed by atoms with Crippen molar-refractivity contribution in [2.45, 2.75) is 51.9 Å². The molecule has 3 rings (SSSR count). The van der Waals surface area contributed by atoms with Crippen LogP contribution in [0.1, 0.15) is 46.3 Å². The maximum absolute atomic E-state index is 13.4. The quantitative estimate of drug-likeness (QED) is 0.850. The van der Waals surface area contributed by atoms with Gasteiger partial charge in [0.2, 0.25) is 0 Å². The van der Waals surface area contributed by atoms with Gasteiger partial charge in [-0.3, -0.25) is 0 Å². The Morgan fingerprint density at radius 3 is 2.42 bits per heavy atom. The molecule has 1 unspecified atom stereocenters. The molecule has 138 valence electrons. The number of rotatable bonds is 4. The summed E-state index contributed by atoms with van der Waals surface area (Å²) in [5.74, 6) is 0.359. The normalized spacial score (nSPS) is 19.4. The molecule has 2 N–H and O–H groups in total. The molecule has 1 saturated heterocycles. The monoisotopic (exact) mass is 358 g/mol. The zero-order valence-electron chi connectivity index (χ0n) is 15.7. The van der Waals surface area contributed by atoms with E-state index in [0.717, 1.165) is 5.46 Å². The summed E-state index contributed by atoms with van der Waals surface area (Å²) >= 11 is 0. The smallest absolute Gasteiger partial charge is 0.482 e. The van der Waals surface area contributed by atoms with Crippen LogP contribution >= 0.6 is 0 Å². The molecule has 1 fully saturated rings. The molecule has 1 aromatic heterocycles. The molecule has 1 aromatic carbocycles. The van der Waals surface area contributed by atoms with E-state index in [9.17, 15) is 4.39 Å². The minimum atomic E-state index is -0.556. The third kappa shape index (κ3) is 3.55. The molecular formula is C19H24BFN2O3. The SMILES string of the molecule is CC(Oc1cc(B2OC(C)(C)C(C)(C)O2)cnc1N)c1cccc(F)c1. The molecular weight excluding hydrogens is 334 g/mol. The summed E-state index contributed by atoms with van der Waals surface area (Å²) in [6.45, 7) is 9.78. The third-order valence-corrected chi connectivity index (χ3v) is 5.05. The van der Waals surface area contributed by atoms with Gasteiger partial charge in [0.15, 0.2) is 11.6 Å². The first-order valence-electron chi connectivity index (χ1n) is 8.62. The number of nitrogen functional groups attached to an aromatic ring is 1. The van der Waals surface area contributed by atoms with Crippen molar-refractivity contribution in [3.8, 4) is 5.75 Å². The molecule has 0 amide bonds. The van der Waals surface area contributed by atoms with Crippen LogP contribution in [0.3, 0.4) is 0 Å². The lowest BCUT2D eigenvalue weighted by molar-refractivity contribution is 0.00578. The molecule has 1 atom stereocenters. The Kier molecular flexibility index (Phi) is 4.71. The Morgan fingerprint density at radius 2 is 1.81 bits per heavy atom. The minimum Gasteiger partial charge on any atom is -0.482 e. The van der Waals surface area contributed by atoms with Crippen LogP contribution in [0.25, 0.3) is 0 Å². The van der Waals surface area contributed by atoms with E-state index in [0.29, 0.717) is 11.3 Å². The fourth-order valence-electron chi connectivity index (χ4n) is 2.69. The van der Waals surface area contributed by atoms with Gasteiger partial charge in [-0.1, -0.05) is 12.1 Å². The fourth-order valence-corrected chi connectivity index (χ4v) is 2.69. The fraction of sp³-hybridized carbons (Fsp3) is 0.421. The van der Waals surface area contributed by atoms with E-state index in [1.54, 1.807) is 24.4 Å². The van der Waals surface area contributed by atoms with E-state index in [1.807, 2.05) is 34.6 Å². The van der Waals surface area contributed by atoms with E-state index >= 15 is 0 Å². The number of anilines is 1. The van der Waals surface area contributed by atoms with E-state index in [2.05, 4.69) is 4.98 Å². The zero-order chi connectivity index (χ0) is 19.1. The van der Waals surface area contributed by atoms with Crippen molar-refractivity contribution in [1.82, 2.24) is 4.98 Å². The highest BCUT2D eigenvalue weighted by Gasteiger charge is 2.52.